The van der Waals surface area contributed by atoms with Gasteiger partial charge in [0.25, 0.3) is 0 Å². The Morgan fingerprint density at radius 2 is 1.80 bits per heavy atom. The van der Waals surface area contributed by atoms with Crippen molar-refractivity contribution < 1.29 is 0 Å². The highest BCUT2D eigenvalue weighted by Crippen LogP contribution is 2.29. The standard InChI is InChI=1S/C13H26N2/c1-2-11-7-5-6-10-15(11)13-9-4-3-8-12(13)14/h11-13H,2-10,14H2,1H3. The summed E-state index contributed by atoms with van der Waals surface area (Å²) in [5.41, 5.74) is 6.29. The van der Waals surface area contributed by atoms with Gasteiger partial charge in [-0.3, -0.25) is 4.90 Å². The summed E-state index contributed by atoms with van der Waals surface area (Å²) in [5.74, 6) is 0. The quantitative estimate of drug-likeness (QED) is 0.759. The Labute approximate surface area is 94.2 Å². The van der Waals surface area contributed by atoms with Crippen LogP contribution < -0.4 is 5.73 Å². The molecule has 0 bridgehead atoms. The van der Waals surface area contributed by atoms with Gasteiger partial charge in [0, 0.05) is 18.1 Å². The molecule has 3 atom stereocenters. The molecule has 0 spiro atoms. The predicted molar refractivity (Wildman–Crippen MR) is 64.9 cm³/mol. The van der Waals surface area contributed by atoms with Gasteiger partial charge in [-0.15, -0.1) is 0 Å². The fourth-order valence-electron chi connectivity index (χ4n) is 3.45. The van der Waals surface area contributed by atoms with Gasteiger partial charge in [0.1, 0.15) is 0 Å². The average Bonchev–Trinajstić information content (AvgIpc) is 2.30. The van der Waals surface area contributed by atoms with E-state index in [0.717, 1.165) is 6.04 Å². The van der Waals surface area contributed by atoms with Gasteiger partial charge in [-0.05, 0) is 38.6 Å². The third-order valence-corrected chi connectivity index (χ3v) is 4.35. The molecule has 2 aliphatic rings. The van der Waals surface area contributed by atoms with Crippen LogP contribution in [0, 0.1) is 0 Å². The topological polar surface area (TPSA) is 29.3 Å². The highest BCUT2D eigenvalue weighted by molar-refractivity contribution is 4.90. The molecule has 1 saturated heterocycles. The van der Waals surface area contributed by atoms with Crippen molar-refractivity contribution in [1.29, 1.82) is 0 Å². The molecule has 2 N–H and O–H groups in total. The number of nitrogens with zero attached hydrogens (tertiary/aromatic N) is 1. The van der Waals surface area contributed by atoms with E-state index in [1.807, 2.05) is 0 Å². The number of nitrogens with two attached hydrogens (primary N) is 1. The smallest absolute Gasteiger partial charge is 0.0250 e. The molecule has 15 heavy (non-hydrogen) atoms. The zero-order chi connectivity index (χ0) is 10.7. The van der Waals surface area contributed by atoms with Crippen LogP contribution in [0.3, 0.4) is 0 Å². The predicted octanol–water partition coefficient (Wildman–Crippen LogP) is 2.52. The van der Waals surface area contributed by atoms with E-state index in [4.69, 9.17) is 5.73 Å². The second-order valence-electron chi connectivity index (χ2n) is 5.31. The summed E-state index contributed by atoms with van der Waals surface area (Å²) in [6.45, 7) is 3.63. The summed E-state index contributed by atoms with van der Waals surface area (Å²) in [7, 11) is 0. The molecule has 0 aromatic rings. The molecule has 2 rings (SSSR count). The van der Waals surface area contributed by atoms with E-state index in [0.29, 0.717) is 12.1 Å². The second kappa shape index (κ2) is 5.31. The molecule has 0 amide bonds. The monoisotopic (exact) mass is 210 g/mol. The molecule has 1 heterocycles. The lowest BCUT2D eigenvalue weighted by Crippen LogP contribution is -2.54. The third kappa shape index (κ3) is 2.54. The van der Waals surface area contributed by atoms with Crippen LogP contribution in [0.5, 0.6) is 0 Å². The molecule has 0 aromatic heterocycles. The van der Waals surface area contributed by atoms with E-state index in [2.05, 4.69) is 11.8 Å². The van der Waals surface area contributed by atoms with Gasteiger partial charge in [-0.25, -0.2) is 0 Å². The summed E-state index contributed by atoms with van der Waals surface area (Å²) in [6.07, 6.45) is 10.9. The molecule has 0 aromatic carbocycles. The lowest BCUT2D eigenvalue weighted by molar-refractivity contribution is 0.0592. The van der Waals surface area contributed by atoms with Crippen LogP contribution >= 0.6 is 0 Å². The fraction of sp³-hybridized carbons (Fsp3) is 1.00. The third-order valence-electron chi connectivity index (χ3n) is 4.35. The van der Waals surface area contributed by atoms with E-state index < -0.39 is 0 Å². The van der Waals surface area contributed by atoms with Gasteiger partial charge >= 0.3 is 0 Å². The van der Waals surface area contributed by atoms with Crippen molar-refractivity contribution in [2.24, 2.45) is 5.73 Å². The van der Waals surface area contributed by atoms with Gasteiger partial charge in [0.05, 0.1) is 0 Å². The van der Waals surface area contributed by atoms with Crippen LogP contribution in [0.25, 0.3) is 0 Å². The summed E-state index contributed by atoms with van der Waals surface area (Å²) >= 11 is 0. The van der Waals surface area contributed by atoms with Gasteiger partial charge < -0.3 is 5.73 Å². The van der Waals surface area contributed by atoms with Gasteiger partial charge in [-0.1, -0.05) is 26.2 Å². The molecule has 2 heteroatoms. The first-order valence-electron chi connectivity index (χ1n) is 6.84. The van der Waals surface area contributed by atoms with E-state index in [1.165, 1.54) is 57.9 Å². The Balaban J connectivity index is 1.99. The maximum absolute atomic E-state index is 6.29. The molecule has 2 nitrogen and oxygen atoms in total. The van der Waals surface area contributed by atoms with Crippen molar-refractivity contribution in [2.45, 2.75) is 76.4 Å². The number of hydrogen-bond donors (Lipinski definition) is 1. The van der Waals surface area contributed by atoms with Crippen molar-refractivity contribution in [2.75, 3.05) is 6.54 Å². The van der Waals surface area contributed by atoms with Crippen LogP contribution in [0.2, 0.25) is 0 Å². The van der Waals surface area contributed by atoms with Crippen molar-refractivity contribution in [3.05, 3.63) is 0 Å². The molecule has 0 radical (unpaired) electrons. The molecule has 2 fully saturated rings. The molecule has 1 aliphatic carbocycles. The Morgan fingerprint density at radius 1 is 1.07 bits per heavy atom. The van der Waals surface area contributed by atoms with Crippen molar-refractivity contribution >= 4 is 0 Å². The molecular weight excluding hydrogens is 184 g/mol. The zero-order valence-electron chi connectivity index (χ0n) is 10.1. The first-order valence-corrected chi connectivity index (χ1v) is 6.84. The maximum atomic E-state index is 6.29. The van der Waals surface area contributed by atoms with Gasteiger partial charge in [0.15, 0.2) is 0 Å². The van der Waals surface area contributed by atoms with Gasteiger partial charge in [0.2, 0.25) is 0 Å². The van der Waals surface area contributed by atoms with Crippen LogP contribution in [0.15, 0.2) is 0 Å². The number of hydrogen-bond acceptors (Lipinski definition) is 2. The normalized spacial score (nSPS) is 39.2. The zero-order valence-corrected chi connectivity index (χ0v) is 10.1. The SMILES string of the molecule is CCC1CCCCN1C1CCCCC1N. The second-order valence-corrected chi connectivity index (χ2v) is 5.31. The molecule has 3 unspecified atom stereocenters. The van der Waals surface area contributed by atoms with Crippen LogP contribution in [-0.2, 0) is 0 Å². The van der Waals surface area contributed by atoms with Crippen LogP contribution in [0.4, 0.5) is 0 Å². The Bertz CT molecular complexity index is 193. The minimum Gasteiger partial charge on any atom is -0.326 e. The molecule has 1 aliphatic heterocycles. The summed E-state index contributed by atoms with van der Waals surface area (Å²) < 4.78 is 0. The molecule has 1 saturated carbocycles. The highest BCUT2D eigenvalue weighted by Gasteiger charge is 2.32. The first kappa shape index (κ1) is 11.4. The Morgan fingerprint density at radius 3 is 2.53 bits per heavy atom. The first-order chi connectivity index (χ1) is 7.33. The fourth-order valence-corrected chi connectivity index (χ4v) is 3.45. The number of likely N-dealkylation sites (tertiary alicyclic amines) is 1. The average molecular weight is 210 g/mol. The number of piperidine rings is 1. The maximum Gasteiger partial charge on any atom is 0.0250 e. The molecular formula is C13H26N2. The Kier molecular flexibility index (Phi) is 4.04. The van der Waals surface area contributed by atoms with E-state index in [9.17, 15) is 0 Å². The molecule has 88 valence electrons. The lowest BCUT2D eigenvalue weighted by atomic mass is 9.86. The lowest BCUT2D eigenvalue weighted by Gasteiger charge is -2.45. The summed E-state index contributed by atoms with van der Waals surface area (Å²) in [5, 5.41) is 0. The van der Waals surface area contributed by atoms with Crippen molar-refractivity contribution in [3.63, 3.8) is 0 Å². The number of rotatable bonds is 2. The summed E-state index contributed by atoms with van der Waals surface area (Å²) in [4.78, 5) is 2.74. The van der Waals surface area contributed by atoms with Crippen LogP contribution in [-0.4, -0.2) is 29.6 Å². The van der Waals surface area contributed by atoms with Crippen LogP contribution in [0.1, 0.15) is 58.3 Å². The van der Waals surface area contributed by atoms with E-state index >= 15 is 0 Å². The summed E-state index contributed by atoms with van der Waals surface area (Å²) in [6, 6.07) is 1.97. The minimum absolute atomic E-state index is 0.450. The van der Waals surface area contributed by atoms with Crippen molar-refractivity contribution in [1.82, 2.24) is 4.90 Å². The largest absolute Gasteiger partial charge is 0.326 e. The highest BCUT2D eigenvalue weighted by atomic mass is 15.2. The van der Waals surface area contributed by atoms with Crippen molar-refractivity contribution in [3.8, 4) is 0 Å². The van der Waals surface area contributed by atoms with E-state index in [1.54, 1.807) is 0 Å². The minimum atomic E-state index is 0.450. The van der Waals surface area contributed by atoms with Gasteiger partial charge in [-0.2, -0.15) is 0 Å². The van der Waals surface area contributed by atoms with E-state index in [-0.39, 0.29) is 0 Å². The Hall–Kier alpha value is -0.0800.